The topological polar surface area (TPSA) is 109 Å². The van der Waals surface area contributed by atoms with E-state index < -0.39 is 29.7 Å². The van der Waals surface area contributed by atoms with Crippen molar-refractivity contribution in [2.75, 3.05) is 0 Å². The number of amides is 1. The third-order valence-electron chi connectivity index (χ3n) is 2.96. The smallest absolute Gasteiger partial charge is 0.475 e. The van der Waals surface area contributed by atoms with Gasteiger partial charge >= 0.3 is 12.1 Å². The average Bonchev–Trinajstić information content (AvgIpc) is 2.53. The normalized spacial score (nSPS) is 10.7. The van der Waals surface area contributed by atoms with Gasteiger partial charge in [-0.05, 0) is 24.3 Å². The van der Waals surface area contributed by atoms with E-state index >= 15 is 0 Å². The minimum Gasteiger partial charge on any atom is -0.475 e. The summed E-state index contributed by atoms with van der Waals surface area (Å²) in [6, 6.07) is 4.27. The van der Waals surface area contributed by atoms with E-state index in [1.54, 1.807) is 0 Å². The lowest BCUT2D eigenvalue weighted by Crippen LogP contribution is -2.30. The summed E-state index contributed by atoms with van der Waals surface area (Å²) in [6.07, 6.45) is -3.74. The minimum absolute atomic E-state index is 0.0428. The summed E-state index contributed by atoms with van der Waals surface area (Å²) in [6.45, 7) is -0.136. The van der Waals surface area contributed by atoms with Crippen molar-refractivity contribution in [3.8, 4) is 0 Å². The van der Waals surface area contributed by atoms with Crippen LogP contribution in [0.1, 0.15) is 15.9 Å². The van der Waals surface area contributed by atoms with Gasteiger partial charge in [-0.15, -0.1) is 0 Å². The van der Waals surface area contributed by atoms with Crippen LogP contribution in [0.3, 0.4) is 0 Å². The number of nitrogens with zero attached hydrogens (tertiary/aromatic N) is 1. The first-order chi connectivity index (χ1) is 12.3. The molecule has 1 aromatic heterocycles. The Morgan fingerprint density at radius 2 is 1.78 bits per heavy atom. The highest BCUT2D eigenvalue weighted by Gasteiger charge is 2.38. The van der Waals surface area contributed by atoms with Crippen LogP contribution in [0.2, 0.25) is 5.02 Å². The summed E-state index contributed by atoms with van der Waals surface area (Å²) in [5.74, 6) is -4.77. The molecule has 0 aliphatic carbocycles. The summed E-state index contributed by atoms with van der Waals surface area (Å²) in [7, 11) is 0. The number of aliphatic carboxylic acids is 1. The first-order valence-electron chi connectivity index (χ1n) is 6.81. The Bertz CT molecular complexity index is 928. The fourth-order valence-corrected chi connectivity index (χ4v) is 2.00. The standard InChI is InChI=1S/C13H10ClF2N3O.C2HF3O2/c14-8-4-10(13(18)20)12(17)19(6-8)5-7-3-9(15)1-2-11(7)16;3-2(4,5)1(6)7/h1-4,6,17H,5H2,(H2,18,20);(H,6,7). The molecule has 0 radical (unpaired) electrons. The molecule has 2 aromatic rings. The maximum Gasteiger partial charge on any atom is 0.490 e. The highest BCUT2D eigenvalue weighted by molar-refractivity contribution is 6.30. The largest absolute Gasteiger partial charge is 0.490 e. The molecule has 0 saturated heterocycles. The molecule has 1 aromatic carbocycles. The molecule has 12 heteroatoms. The van der Waals surface area contributed by atoms with E-state index in [-0.39, 0.29) is 28.2 Å². The van der Waals surface area contributed by atoms with Gasteiger partial charge in [-0.2, -0.15) is 13.2 Å². The average molecular weight is 412 g/mol. The van der Waals surface area contributed by atoms with Crippen LogP contribution in [0.4, 0.5) is 22.0 Å². The number of benzene rings is 1. The van der Waals surface area contributed by atoms with Gasteiger partial charge in [0.05, 0.1) is 17.1 Å². The third kappa shape index (κ3) is 6.37. The Kier molecular flexibility index (Phi) is 7.06. The lowest BCUT2D eigenvalue weighted by Gasteiger charge is -2.10. The SMILES string of the molecule is N=c1c(C(N)=O)cc(Cl)cn1Cc1cc(F)ccc1F.O=C(O)C(F)(F)F. The van der Waals surface area contributed by atoms with Crippen LogP contribution in [-0.2, 0) is 11.3 Å². The van der Waals surface area contributed by atoms with Crippen LogP contribution in [-0.4, -0.2) is 27.7 Å². The molecule has 0 fully saturated rings. The van der Waals surface area contributed by atoms with Crippen LogP contribution >= 0.6 is 11.6 Å². The Labute approximate surface area is 153 Å². The molecule has 0 aliphatic rings. The summed E-state index contributed by atoms with van der Waals surface area (Å²) in [5.41, 5.74) is 4.87. The van der Waals surface area contributed by atoms with Crippen molar-refractivity contribution in [3.05, 3.63) is 63.7 Å². The zero-order valence-corrected chi connectivity index (χ0v) is 13.9. The molecular formula is C15H11ClF5N3O3. The molecule has 27 heavy (non-hydrogen) atoms. The van der Waals surface area contributed by atoms with Crippen molar-refractivity contribution >= 4 is 23.5 Å². The van der Waals surface area contributed by atoms with E-state index in [9.17, 15) is 26.7 Å². The number of halogens is 6. The number of rotatable bonds is 3. The van der Waals surface area contributed by atoms with Crippen LogP contribution < -0.4 is 11.2 Å². The van der Waals surface area contributed by atoms with E-state index in [1.807, 2.05) is 0 Å². The first kappa shape index (κ1) is 22.1. The van der Waals surface area contributed by atoms with Gasteiger partial charge in [0.15, 0.2) is 0 Å². The van der Waals surface area contributed by atoms with Crippen LogP contribution in [0.5, 0.6) is 0 Å². The number of aromatic nitrogens is 1. The predicted octanol–water partition coefficient (Wildman–Crippen LogP) is 2.68. The number of carboxylic acids is 1. The molecular weight excluding hydrogens is 401 g/mol. The van der Waals surface area contributed by atoms with E-state index in [0.29, 0.717) is 0 Å². The van der Waals surface area contributed by atoms with Crippen molar-refractivity contribution in [1.82, 2.24) is 4.57 Å². The summed E-state index contributed by atoms with van der Waals surface area (Å²) in [4.78, 5) is 20.1. The molecule has 2 rings (SSSR count). The number of nitrogens with one attached hydrogen (secondary N) is 1. The number of primary amides is 1. The van der Waals surface area contributed by atoms with Gasteiger partial charge in [0, 0.05) is 11.8 Å². The van der Waals surface area contributed by atoms with Gasteiger partial charge in [0.25, 0.3) is 5.91 Å². The van der Waals surface area contributed by atoms with Gasteiger partial charge in [0.1, 0.15) is 17.1 Å². The monoisotopic (exact) mass is 411 g/mol. The number of hydrogen-bond acceptors (Lipinski definition) is 3. The molecule has 1 amide bonds. The number of hydrogen-bond donors (Lipinski definition) is 3. The molecule has 0 aliphatic heterocycles. The second kappa shape index (κ2) is 8.62. The van der Waals surface area contributed by atoms with Gasteiger partial charge in [-0.3, -0.25) is 10.2 Å². The lowest BCUT2D eigenvalue weighted by molar-refractivity contribution is -0.192. The summed E-state index contributed by atoms with van der Waals surface area (Å²) in [5, 5.41) is 15.1. The number of pyridine rings is 1. The Morgan fingerprint density at radius 3 is 2.26 bits per heavy atom. The van der Waals surface area contributed by atoms with Gasteiger partial charge < -0.3 is 15.4 Å². The highest BCUT2D eigenvalue weighted by atomic mass is 35.5. The molecule has 0 bridgehead atoms. The molecule has 146 valence electrons. The quantitative estimate of drug-likeness (QED) is 0.675. The highest BCUT2D eigenvalue weighted by Crippen LogP contribution is 2.14. The van der Waals surface area contributed by atoms with E-state index in [1.165, 1.54) is 16.8 Å². The number of carbonyl (C=O) groups excluding carboxylic acids is 1. The lowest BCUT2D eigenvalue weighted by atomic mass is 10.2. The predicted molar refractivity (Wildman–Crippen MR) is 83.0 cm³/mol. The molecule has 6 nitrogen and oxygen atoms in total. The van der Waals surface area contributed by atoms with Crippen molar-refractivity contribution in [1.29, 1.82) is 5.41 Å². The molecule has 0 saturated carbocycles. The Balaban J connectivity index is 0.000000445. The maximum absolute atomic E-state index is 13.6. The maximum atomic E-state index is 13.6. The fourth-order valence-electron chi connectivity index (χ4n) is 1.77. The second-order valence-corrected chi connectivity index (χ2v) is 5.39. The molecule has 0 spiro atoms. The van der Waals surface area contributed by atoms with Crippen molar-refractivity contribution in [3.63, 3.8) is 0 Å². The van der Waals surface area contributed by atoms with Crippen LogP contribution in [0, 0.1) is 17.0 Å². The van der Waals surface area contributed by atoms with E-state index in [4.69, 9.17) is 32.6 Å². The number of alkyl halides is 3. The Morgan fingerprint density at radius 1 is 1.22 bits per heavy atom. The molecule has 4 N–H and O–H groups in total. The van der Waals surface area contributed by atoms with E-state index in [0.717, 1.165) is 18.2 Å². The van der Waals surface area contributed by atoms with Gasteiger partial charge in [-0.1, -0.05) is 11.6 Å². The Hall–Kier alpha value is -2.95. The van der Waals surface area contributed by atoms with Gasteiger partial charge in [-0.25, -0.2) is 13.6 Å². The zero-order valence-electron chi connectivity index (χ0n) is 13.1. The molecule has 0 unspecified atom stereocenters. The molecule has 1 heterocycles. The van der Waals surface area contributed by atoms with Crippen molar-refractivity contribution in [2.45, 2.75) is 12.7 Å². The fraction of sp³-hybridized carbons (Fsp3) is 0.133. The zero-order chi connectivity index (χ0) is 20.9. The van der Waals surface area contributed by atoms with Crippen molar-refractivity contribution < 1.29 is 36.6 Å². The van der Waals surface area contributed by atoms with Crippen LogP contribution in [0.15, 0.2) is 30.5 Å². The minimum atomic E-state index is -5.08. The number of carboxylic acid groups (broad SMARTS) is 1. The first-order valence-corrected chi connectivity index (χ1v) is 7.19. The van der Waals surface area contributed by atoms with Gasteiger partial charge in [0.2, 0.25) is 0 Å². The third-order valence-corrected chi connectivity index (χ3v) is 3.17. The number of carbonyl (C=O) groups is 2. The second-order valence-electron chi connectivity index (χ2n) is 4.95. The molecule has 0 atom stereocenters. The van der Waals surface area contributed by atoms with Crippen molar-refractivity contribution in [2.24, 2.45) is 5.73 Å². The summed E-state index contributed by atoms with van der Waals surface area (Å²) >= 11 is 5.82. The van der Waals surface area contributed by atoms with E-state index in [2.05, 4.69) is 0 Å². The summed E-state index contributed by atoms with van der Waals surface area (Å²) < 4.78 is 59.7. The van der Waals surface area contributed by atoms with Crippen LogP contribution in [0.25, 0.3) is 0 Å². The number of nitrogens with two attached hydrogens (primary N) is 1.